The van der Waals surface area contributed by atoms with Gasteiger partial charge in [-0.15, -0.1) is 0 Å². The average Bonchev–Trinajstić information content (AvgIpc) is 3.49. The first-order valence-electron chi connectivity index (χ1n) is 21.4. The van der Waals surface area contributed by atoms with E-state index in [0.717, 1.165) is 88.4 Å². The van der Waals surface area contributed by atoms with Gasteiger partial charge in [-0.1, -0.05) is 135 Å². The van der Waals surface area contributed by atoms with Crippen molar-refractivity contribution < 1.29 is 19.0 Å². The molecule has 1 saturated heterocycles. The predicted molar refractivity (Wildman–Crippen MR) is 241 cm³/mol. The van der Waals surface area contributed by atoms with Crippen LogP contribution in [0.3, 0.4) is 0 Å². The fourth-order valence-electron chi connectivity index (χ4n) is 6.44. The maximum Gasteiger partial charge on any atom is 0.351 e. The Morgan fingerprint density at radius 3 is 1.64 bits per heavy atom. The summed E-state index contributed by atoms with van der Waals surface area (Å²) >= 11 is 0. The second-order valence-electron chi connectivity index (χ2n) is 14.5. The highest BCUT2D eigenvalue weighted by molar-refractivity contribution is 5.73. The number of aryl methyl sites for hydroxylation is 1. The number of carbonyl (C=O) groups is 1. The van der Waals surface area contributed by atoms with Crippen molar-refractivity contribution >= 4 is 11.8 Å². The van der Waals surface area contributed by atoms with Crippen LogP contribution < -0.4 is 11.4 Å². The number of nitrogens with two attached hydrogens (primary N) is 1. The number of nitrogens with zero attached hydrogens (tertiary/aromatic N) is 2. The van der Waals surface area contributed by atoms with E-state index >= 15 is 0 Å². The minimum atomic E-state index is -0.832. The highest BCUT2D eigenvalue weighted by Gasteiger charge is 2.49. The number of unbranched alkanes of at least 4 members (excludes halogenated alkanes) is 1. The summed E-state index contributed by atoms with van der Waals surface area (Å²) in [4.78, 5) is 30.3. The van der Waals surface area contributed by atoms with Crippen LogP contribution in [0.2, 0.25) is 0 Å². The number of esters is 1. The van der Waals surface area contributed by atoms with E-state index < -0.39 is 30.2 Å². The van der Waals surface area contributed by atoms with E-state index in [1.54, 1.807) is 13.1 Å². The Morgan fingerprint density at radius 1 is 0.672 bits per heavy atom. The van der Waals surface area contributed by atoms with Crippen molar-refractivity contribution in [2.75, 3.05) is 5.73 Å². The van der Waals surface area contributed by atoms with Crippen molar-refractivity contribution in [1.82, 2.24) is 9.55 Å². The third kappa shape index (κ3) is 18.5. The molecule has 0 bridgehead atoms. The molecular formula is C50H69N3O5. The molecule has 0 amide bonds. The minimum absolute atomic E-state index is 0.133. The van der Waals surface area contributed by atoms with Crippen molar-refractivity contribution in [1.29, 1.82) is 0 Å². The topological polar surface area (TPSA) is 106 Å². The molecule has 8 nitrogen and oxygen atoms in total. The first kappa shape index (κ1) is 47.4. The van der Waals surface area contributed by atoms with Crippen LogP contribution in [0, 0.1) is 6.92 Å². The Hall–Kier alpha value is -4.95. The number of allylic oxidation sites excluding steroid dienone is 21. The van der Waals surface area contributed by atoms with Gasteiger partial charge in [-0.25, -0.2) is 4.79 Å². The number of carbonyl (C=O) groups excluding carboxylic acids is 1. The van der Waals surface area contributed by atoms with Gasteiger partial charge in [0, 0.05) is 18.2 Å². The van der Waals surface area contributed by atoms with Crippen LogP contribution in [0.4, 0.5) is 5.82 Å². The van der Waals surface area contributed by atoms with E-state index in [9.17, 15) is 9.59 Å². The molecule has 1 aromatic heterocycles. The fourth-order valence-corrected chi connectivity index (χ4v) is 6.44. The summed E-state index contributed by atoms with van der Waals surface area (Å²) < 4.78 is 20.4. The van der Waals surface area contributed by atoms with Gasteiger partial charge in [0.25, 0.3) is 0 Å². The molecule has 3 rings (SSSR count). The number of rotatable bonds is 25. The third-order valence-electron chi connectivity index (χ3n) is 9.62. The van der Waals surface area contributed by atoms with Gasteiger partial charge in [0.15, 0.2) is 18.4 Å². The Balaban J connectivity index is 1.62. The van der Waals surface area contributed by atoms with E-state index in [2.05, 4.69) is 140 Å². The molecule has 3 heterocycles. The molecule has 4 atom stereocenters. The zero-order chi connectivity index (χ0) is 41.6. The van der Waals surface area contributed by atoms with Crippen LogP contribution in [0.25, 0.3) is 0 Å². The average molecular weight is 792 g/mol. The molecule has 1 aromatic rings. The SMILES string of the molecule is CC/C=C\C/C=C\C/C=C\C/C=C\C/C=C\CCC/C1=C(\C/C=C\C/C=C\C/C=C\C/C=C\C/C=C\CC)CC(=O)O[C@H]2[C@@H](O1)[C@H](n1cc(C)c(N)nc1=O)O[C@@H]2C. The molecule has 8 heteroatoms. The highest BCUT2D eigenvalue weighted by Crippen LogP contribution is 2.38. The monoisotopic (exact) mass is 792 g/mol. The van der Waals surface area contributed by atoms with Gasteiger partial charge in [-0.2, -0.15) is 4.98 Å². The summed E-state index contributed by atoms with van der Waals surface area (Å²) in [7, 11) is 0. The molecule has 2 aliphatic heterocycles. The van der Waals surface area contributed by atoms with Crippen LogP contribution in [0.15, 0.2) is 144 Å². The lowest BCUT2D eigenvalue weighted by atomic mass is 10.0. The van der Waals surface area contributed by atoms with E-state index in [4.69, 9.17) is 19.9 Å². The molecule has 58 heavy (non-hydrogen) atoms. The largest absolute Gasteiger partial charge is 0.486 e. The van der Waals surface area contributed by atoms with Crippen LogP contribution >= 0.6 is 0 Å². The van der Waals surface area contributed by atoms with Gasteiger partial charge in [-0.05, 0) is 103 Å². The summed E-state index contributed by atoms with van der Waals surface area (Å²) in [6.45, 7) is 7.92. The summed E-state index contributed by atoms with van der Waals surface area (Å²) in [6.07, 6.45) is 55.2. The van der Waals surface area contributed by atoms with E-state index in [0.29, 0.717) is 18.4 Å². The smallest absolute Gasteiger partial charge is 0.351 e. The predicted octanol–water partition coefficient (Wildman–Crippen LogP) is 12.1. The molecule has 1 fully saturated rings. The molecule has 314 valence electrons. The third-order valence-corrected chi connectivity index (χ3v) is 9.62. The fraction of sp³-hybridized carbons (Fsp3) is 0.460. The van der Waals surface area contributed by atoms with Crippen LogP contribution in [-0.2, 0) is 19.0 Å². The minimum Gasteiger partial charge on any atom is -0.486 e. The second kappa shape index (κ2) is 29.3. The van der Waals surface area contributed by atoms with Gasteiger partial charge in [-0.3, -0.25) is 9.36 Å². The Labute approximate surface area is 348 Å². The summed E-state index contributed by atoms with van der Waals surface area (Å²) in [5.41, 5.74) is 6.92. The highest BCUT2D eigenvalue weighted by atomic mass is 16.6. The molecule has 0 unspecified atom stereocenters. The lowest BCUT2D eigenvalue weighted by molar-refractivity contribution is -0.156. The van der Waals surface area contributed by atoms with Crippen LogP contribution in [0.1, 0.15) is 129 Å². The zero-order valence-corrected chi connectivity index (χ0v) is 35.6. The molecule has 2 aliphatic rings. The van der Waals surface area contributed by atoms with Crippen molar-refractivity contribution in [3.8, 4) is 0 Å². The summed E-state index contributed by atoms with van der Waals surface area (Å²) in [5.74, 6) is 0.602. The van der Waals surface area contributed by atoms with Gasteiger partial charge >= 0.3 is 11.7 Å². The number of anilines is 1. The lowest BCUT2D eigenvalue weighted by Gasteiger charge is -2.30. The number of hydrogen-bond donors (Lipinski definition) is 1. The van der Waals surface area contributed by atoms with Crippen molar-refractivity contribution in [2.24, 2.45) is 0 Å². The van der Waals surface area contributed by atoms with Crippen LogP contribution in [0.5, 0.6) is 0 Å². The van der Waals surface area contributed by atoms with Gasteiger partial charge in [0.1, 0.15) is 5.82 Å². The van der Waals surface area contributed by atoms with Crippen molar-refractivity contribution in [3.05, 3.63) is 155 Å². The molecular weight excluding hydrogens is 723 g/mol. The van der Waals surface area contributed by atoms with E-state index in [1.807, 2.05) is 6.92 Å². The van der Waals surface area contributed by atoms with Crippen molar-refractivity contribution in [2.45, 2.75) is 149 Å². The standard InChI is InChI=1S/C50H69N3O5/c1-5-7-9-11-13-15-17-19-21-22-24-26-28-30-32-34-36-38-44-43(37-35-33-31-29-27-25-23-20-18-16-14-12-10-8-6-2)39-45(54)58-46-42(4)56-49(47(46)57-44)53-40-41(3)48(51)52-50(53)55/h7-10,13-16,19-21,23-24,26-27,29-30,32-33,35,40,42,46-47,49H,5-6,11-12,17-18,22,25,28,31,34,36-39H2,1-4H3,(H2,51,52,55)/b9-7-,10-8-,15-13-,16-14-,21-19-,23-20-,26-24-,29-27-,32-30-,35-33-,44-43-/t42-,46-,47-,49-/m1/s1. The summed E-state index contributed by atoms with van der Waals surface area (Å²) in [6, 6.07) is 0. The molecule has 0 aliphatic carbocycles. The Kier molecular flexibility index (Phi) is 24.0. The normalized spacial score (nSPS) is 22.2. The zero-order valence-electron chi connectivity index (χ0n) is 35.6. The molecule has 0 aromatic carbocycles. The summed E-state index contributed by atoms with van der Waals surface area (Å²) in [5, 5.41) is 0. The Bertz CT molecular complexity index is 1770. The van der Waals surface area contributed by atoms with Gasteiger partial charge in [0.2, 0.25) is 0 Å². The lowest BCUT2D eigenvalue weighted by Crippen LogP contribution is -2.41. The van der Waals surface area contributed by atoms with Gasteiger partial charge < -0.3 is 19.9 Å². The molecule has 0 spiro atoms. The molecule has 0 saturated carbocycles. The first-order chi connectivity index (χ1) is 28.3. The number of hydrogen-bond acceptors (Lipinski definition) is 7. The van der Waals surface area contributed by atoms with E-state index in [-0.39, 0.29) is 18.2 Å². The van der Waals surface area contributed by atoms with Crippen LogP contribution in [-0.4, -0.2) is 33.8 Å². The number of ether oxygens (including phenoxy) is 3. The second-order valence-corrected chi connectivity index (χ2v) is 14.5. The first-order valence-corrected chi connectivity index (χ1v) is 21.4. The van der Waals surface area contributed by atoms with Crippen molar-refractivity contribution in [3.63, 3.8) is 0 Å². The maximum absolute atomic E-state index is 13.3. The van der Waals surface area contributed by atoms with Gasteiger partial charge in [0.05, 0.1) is 18.3 Å². The number of fused-ring (bicyclic) bond motifs is 1. The number of nitrogen functional groups attached to an aromatic ring is 1. The molecule has 2 N–H and O–H groups in total. The molecule has 0 radical (unpaired) electrons. The maximum atomic E-state index is 13.3. The quantitative estimate of drug-likeness (QED) is 0.0597. The number of aromatic nitrogens is 2. The Morgan fingerprint density at radius 2 is 1.14 bits per heavy atom. The van der Waals surface area contributed by atoms with E-state index in [1.165, 1.54) is 4.57 Å².